The lowest BCUT2D eigenvalue weighted by molar-refractivity contribution is -0.143. The highest BCUT2D eigenvalue weighted by molar-refractivity contribution is 8.76. The molecule has 1 rings (SSSR count). The van der Waals surface area contributed by atoms with Crippen molar-refractivity contribution in [2.24, 2.45) is 0 Å². The number of hydrogen-bond donors (Lipinski definition) is 3. The fourth-order valence-electron chi connectivity index (χ4n) is 2.01. The van der Waals surface area contributed by atoms with Crippen LogP contribution in [0.3, 0.4) is 0 Å². The quantitative estimate of drug-likeness (QED) is 0.299. The van der Waals surface area contributed by atoms with Gasteiger partial charge in [-0.3, -0.25) is 24.2 Å². The van der Waals surface area contributed by atoms with Gasteiger partial charge in [-0.2, -0.15) is 0 Å². The summed E-state index contributed by atoms with van der Waals surface area (Å²) in [5, 5.41) is 27.5. The second-order valence-electron chi connectivity index (χ2n) is 5.24. The highest BCUT2D eigenvalue weighted by Crippen LogP contribution is 2.28. The summed E-state index contributed by atoms with van der Waals surface area (Å²) < 4.78 is 0. The third-order valence-corrected chi connectivity index (χ3v) is 5.33. The number of aromatic nitrogens is 1. The van der Waals surface area contributed by atoms with Gasteiger partial charge in [0.25, 0.3) is 0 Å². The summed E-state index contributed by atoms with van der Waals surface area (Å²) in [6, 6.07) is 5.58. The molecule has 0 saturated carbocycles. The molecule has 0 aliphatic heterocycles. The Bertz CT molecular complexity index is 574. The van der Waals surface area contributed by atoms with E-state index in [1.165, 1.54) is 26.5 Å². The van der Waals surface area contributed by atoms with Crippen molar-refractivity contribution in [1.29, 1.82) is 0 Å². The largest absolute Gasteiger partial charge is 0.480 e. The lowest BCUT2D eigenvalue weighted by Gasteiger charge is -2.24. The van der Waals surface area contributed by atoms with E-state index in [0.29, 0.717) is 12.3 Å². The van der Waals surface area contributed by atoms with Crippen molar-refractivity contribution in [2.45, 2.75) is 5.03 Å². The molecule has 0 unspecified atom stereocenters. The van der Waals surface area contributed by atoms with Crippen LogP contribution in [0.15, 0.2) is 29.4 Å². The van der Waals surface area contributed by atoms with E-state index in [0.717, 1.165) is 5.03 Å². The normalized spacial score (nSPS) is 11.0. The molecular formula is C15H21N3O6S2. The molecule has 1 aromatic heterocycles. The van der Waals surface area contributed by atoms with Gasteiger partial charge >= 0.3 is 17.9 Å². The first-order valence-electron chi connectivity index (χ1n) is 7.67. The maximum Gasteiger partial charge on any atom is 0.317 e. The predicted molar refractivity (Wildman–Crippen MR) is 98.3 cm³/mol. The lowest BCUT2D eigenvalue weighted by atomic mass is 10.4. The number of rotatable bonds is 14. The van der Waals surface area contributed by atoms with Crippen molar-refractivity contribution in [3.8, 4) is 0 Å². The van der Waals surface area contributed by atoms with E-state index in [-0.39, 0.29) is 19.6 Å². The molecule has 26 heavy (non-hydrogen) atoms. The summed E-state index contributed by atoms with van der Waals surface area (Å²) >= 11 is 0. The molecule has 0 fully saturated rings. The van der Waals surface area contributed by atoms with Gasteiger partial charge in [-0.15, -0.1) is 0 Å². The topological polar surface area (TPSA) is 131 Å². The Morgan fingerprint density at radius 2 is 1.46 bits per heavy atom. The molecule has 0 spiro atoms. The molecule has 11 heteroatoms. The minimum Gasteiger partial charge on any atom is -0.480 e. The Morgan fingerprint density at radius 1 is 0.885 bits per heavy atom. The number of carboxylic acids is 3. The second-order valence-corrected chi connectivity index (χ2v) is 7.68. The first-order chi connectivity index (χ1) is 12.4. The van der Waals surface area contributed by atoms with Crippen LogP contribution < -0.4 is 0 Å². The number of nitrogens with zero attached hydrogens (tertiary/aromatic N) is 3. The Morgan fingerprint density at radius 3 is 2.00 bits per heavy atom. The fourth-order valence-corrected chi connectivity index (χ4v) is 3.91. The monoisotopic (exact) mass is 403 g/mol. The van der Waals surface area contributed by atoms with Crippen LogP contribution in [0.1, 0.15) is 0 Å². The van der Waals surface area contributed by atoms with Crippen molar-refractivity contribution in [1.82, 2.24) is 14.8 Å². The molecule has 0 saturated heterocycles. The molecule has 0 atom stereocenters. The van der Waals surface area contributed by atoms with Gasteiger partial charge in [0.2, 0.25) is 0 Å². The zero-order valence-electron chi connectivity index (χ0n) is 14.0. The van der Waals surface area contributed by atoms with Crippen LogP contribution in [-0.2, 0) is 14.4 Å². The van der Waals surface area contributed by atoms with E-state index < -0.39 is 31.0 Å². The second kappa shape index (κ2) is 12.5. The highest BCUT2D eigenvalue weighted by Gasteiger charge is 2.16. The SMILES string of the molecule is O=C(O)CN(CCSSc1ccccn1)CCN(CC(=O)O)CC(=O)O. The molecule has 1 aromatic rings. The molecular weight excluding hydrogens is 382 g/mol. The summed E-state index contributed by atoms with van der Waals surface area (Å²) in [4.78, 5) is 39.7. The van der Waals surface area contributed by atoms with Crippen LogP contribution in [0.25, 0.3) is 0 Å². The van der Waals surface area contributed by atoms with Crippen LogP contribution in [0.4, 0.5) is 0 Å². The average molecular weight is 403 g/mol. The first-order valence-corrected chi connectivity index (χ1v) is 9.99. The molecule has 144 valence electrons. The number of carbonyl (C=O) groups is 3. The van der Waals surface area contributed by atoms with E-state index in [1.54, 1.807) is 11.1 Å². The van der Waals surface area contributed by atoms with E-state index in [2.05, 4.69) is 4.98 Å². The fraction of sp³-hybridized carbons (Fsp3) is 0.467. The van der Waals surface area contributed by atoms with Crippen LogP contribution >= 0.6 is 21.6 Å². The minimum atomic E-state index is -1.13. The Balaban J connectivity index is 2.44. The van der Waals surface area contributed by atoms with Crippen molar-refractivity contribution in [2.75, 3.05) is 45.0 Å². The molecule has 0 bridgehead atoms. The minimum absolute atomic E-state index is 0.157. The number of aliphatic carboxylic acids is 3. The molecule has 3 N–H and O–H groups in total. The van der Waals surface area contributed by atoms with Crippen molar-refractivity contribution in [3.05, 3.63) is 24.4 Å². The van der Waals surface area contributed by atoms with Gasteiger partial charge in [-0.05, 0) is 22.9 Å². The molecule has 0 aliphatic carbocycles. The third-order valence-electron chi connectivity index (χ3n) is 3.08. The summed E-state index contributed by atoms with van der Waals surface area (Å²) in [5.41, 5.74) is 0. The molecule has 0 amide bonds. The van der Waals surface area contributed by atoms with E-state index in [9.17, 15) is 14.4 Å². The van der Waals surface area contributed by atoms with Crippen LogP contribution in [0.2, 0.25) is 0 Å². The summed E-state index contributed by atoms with van der Waals surface area (Å²) in [7, 11) is 3.02. The van der Waals surface area contributed by atoms with E-state index in [4.69, 9.17) is 15.3 Å². The van der Waals surface area contributed by atoms with Crippen LogP contribution in [0.5, 0.6) is 0 Å². The average Bonchev–Trinajstić information content (AvgIpc) is 2.55. The van der Waals surface area contributed by atoms with Gasteiger partial charge < -0.3 is 15.3 Å². The Hall–Kier alpha value is -1.82. The van der Waals surface area contributed by atoms with Gasteiger partial charge in [-0.25, -0.2) is 4.98 Å². The van der Waals surface area contributed by atoms with Gasteiger partial charge in [-0.1, -0.05) is 16.9 Å². The van der Waals surface area contributed by atoms with Gasteiger partial charge in [0.05, 0.1) is 19.6 Å². The maximum absolute atomic E-state index is 11.0. The lowest BCUT2D eigenvalue weighted by Crippen LogP contribution is -2.42. The Kier molecular flexibility index (Phi) is 10.7. The number of carboxylic acid groups (broad SMARTS) is 3. The van der Waals surface area contributed by atoms with Crippen LogP contribution in [-0.4, -0.2) is 93.0 Å². The standard InChI is InChI=1S/C15H21N3O6S2/c19-13(20)9-17(5-6-18(10-14(21)22)11-15(23)24)7-8-25-26-12-3-1-2-4-16-12/h1-4H,5-11H2,(H,19,20)(H,21,22)(H,23,24). The maximum atomic E-state index is 11.0. The smallest absolute Gasteiger partial charge is 0.317 e. The van der Waals surface area contributed by atoms with Crippen molar-refractivity contribution >= 4 is 39.5 Å². The zero-order chi connectivity index (χ0) is 19.4. The third kappa shape index (κ3) is 10.9. The van der Waals surface area contributed by atoms with E-state index in [1.807, 2.05) is 18.2 Å². The Labute approximate surface area is 158 Å². The summed E-state index contributed by atoms with van der Waals surface area (Å²) in [5.74, 6) is -2.60. The molecule has 9 nitrogen and oxygen atoms in total. The first kappa shape index (κ1) is 22.2. The molecule has 0 aliphatic rings. The van der Waals surface area contributed by atoms with Crippen LogP contribution in [0, 0.1) is 0 Å². The van der Waals surface area contributed by atoms with E-state index >= 15 is 0 Å². The number of hydrogen-bond acceptors (Lipinski definition) is 8. The molecule has 1 heterocycles. The molecule has 0 radical (unpaired) electrons. The predicted octanol–water partition coefficient (Wildman–Crippen LogP) is 0.680. The van der Waals surface area contributed by atoms with Gasteiger partial charge in [0.1, 0.15) is 5.03 Å². The van der Waals surface area contributed by atoms with Gasteiger partial charge in [0, 0.05) is 31.6 Å². The van der Waals surface area contributed by atoms with Gasteiger partial charge in [0.15, 0.2) is 0 Å². The zero-order valence-corrected chi connectivity index (χ0v) is 15.6. The number of pyridine rings is 1. The summed E-state index contributed by atoms with van der Waals surface area (Å²) in [6.45, 7) is -0.103. The van der Waals surface area contributed by atoms with Crippen molar-refractivity contribution in [3.63, 3.8) is 0 Å². The van der Waals surface area contributed by atoms with Crippen molar-refractivity contribution < 1.29 is 29.7 Å². The highest BCUT2D eigenvalue weighted by atomic mass is 33.1. The molecule has 0 aromatic carbocycles. The summed E-state index contributed by atoms with van der Waals surface area (Å²) in [6.07, 6.45) is 1.69.